The highest BCUT2D eigenvalue weighted by molar-refractivity contribution is 9.09. The van der Waals surface area contributed by atoms with E-state index in [0.29, 0.717) is 19.1 Å². The van der Waals surface area contributed by atoms with Gasteiger partial charge in [0.05, 0.1) is 13.2 Å². The van der Waals surface area contributed by atoms with Crippen LogP contribution in [-0.2, 0) is 9.47 Å². The van der Waals surface area contributed by atoms with Gasteiger partial charge in [-0.25, -0.2) is 0 Å². The van der Waals surface area contributed by atoms with Gasteiger partial charge in [-0.05, 0) is 36.5 Å². The molecular weight excluding hydrogens is 316 g/mol. The minimum absolute atomic E-state index is 0.495. The van der Waals surface area contributed by atoms with Crippen molar-refractivity contribution in [3.8, 4) is 0 Å². The number of hydrogen-bond donors (Lipinski definition) is 0. The molecule has 0 N–H and O–H groups in total. The predicted molar refractivity (Wildman–Crippen MR) is 79.9 cm³/mol. The minimum atomic E-state index is 0.495. The molecule has 2 nitrogen and oxygen atoms in total. The van der Waals surface area contributed by atoms with Gasteiger partial charge in [0.1, 0.15) is 0 Å². The molecule has 1 unspecified atom stereocenters. The molecule has 0 aliphatic carbocycles. The average Bonchev–Trinajstić information content (AvgIpc) is 2.38. The van der Waals surface area contributed by atoms with Gasteiger partial charge < -0.3 is 9.47 Å². The third kappa shape index (κ3) is 6.19. The van der Waals surface area contributed by atoms with Crippen molar-refractivity contribution < 1.29 is 9.47 Å². The molecule has 102 valence electrons. The quantitative estimate of drug-likeness (QED) is 0.496. The van der Waals surface area contributed by atoms with Crippen molar-refractivity contribution >= 4 is 27.5 Å². The second-order valence-electron chi connectivity index (χ2n) is 4.15. The van der Waals surface area contributed by atoms with Crippen molar-refractivity contribution in [3.63, 3.8) is 0 Å². The third-order valence-electron chi connectivity index (χ3n) is 2.78. The molecule has 0 saturated carbocycles. The summed E-state index contributed by atoms with van der Waals surface area (Å²) in [6, 6.07) is 8.08. The summed E-state index contributed by atoms with van der Waals surface area (Å²) in [6.45, 7) is 2.12. The molecule has 18 heavy (non-hydrogen) atoms. The third-order valence-corrected chi connectivity index (χ3v) is 3.80. The Morgan fingerprint density at radius 2 is 2.11 bits per heavy atom. The number of hydrogen-bond acceptors (Lipinski definition) is 2. The van der Waals surface area contributed by atoms with E-state index in [2.05, 4.69) is 22.0 Å². The maximum absolute atomic E-state index is 6.01. The van der Waals surface area contributed by atoms with Gasteiger partial charge in [0.2, 0.25) is 0 Å². The van der Waals surface area contributed by atoms with Crippen molar-refractivity contribution in [2.45, 2.75) is 18.8 Å². The summed E-state index contributed by atoms with van der Waals surface area (Å²) in [7, 11) is 1.68. The minimum Gasteiger partial charge on any atom is -0.382 e. The first-order valence-corrected chi connectivity index (χ1v) is 7.66. The molecule has 0 aliphatic rings. The van der Waals surface area contributed by atoms with E-state index in [1.54, 1.807) is 7.11 Å². The number of methoxy groups -OCH3 is 1. The molecule has 1 atom stereocenters. The molecule has 0 heterocycles. The summed E-state index contributed by atoms with van der Waals surface area (Å²) in [4.78, 5) is 0. The maximum atomic E-state index is 6.01. The largest absolute Gasteiger partial charge is 0.382 e. The zero-order valence-corrected chi connectivity index (χ0v) is 13.0. The van der Waals surface area contributed by atoms with Gasteiger partial charge in [0.15, 0.2) is 0 Å². The first-order valence-electron chi connectivity index (χ1n) is 6.16. The normalized spacial score (nSPS) is 12.6. The Hall–Kier alpha value is -0.0900. The van der Waals surface area contributed by atoms with Crippen molar-refractivity contribution in [2.75, 3.05) is 32.3 Å². The molecule has 1 aromatic carbocycles. The molecule has 0 bridgehead atoms. The second-order valence-corrected chi connectivity index (χ2v) is 5.24. The van der Waals surface area contributed by atoms with Crippen LogP contribution in [0.15, 0.2) is 24.3 Å². The highest BCUT2D eigenvalue weighted by atomic mass is 79.9. The number of benzene rings is 1. The van der Waals surface area contributed by atoms with Gasteiger partial charge >= 0.3 is 0 Å². The molecule has 0 saturated heterocycles. The molecule has 1 rings (SSSR count). The number of alkyl halides is 1. The molecular formula is C14H20BrClO2. The van der Waals surface area contributed by atoms with Crippen LogP contribution in [-0.4, -0.2) is 32.3 Å². The van der Waals surface area contributed by atoms with Crippen LogP contribution in [0.25, 0.3) is 0 Å². The van der Waals surface area contributed by atoms with Crippen LogP contribution in [0.2, 0.25) is 5.02 Å². The molecule has 0 radical (unpaired) electrons. The van der Waals surface area contributed by atoms with Crippen molar-refractivity contribution in [1.29, 1.82) is 0 Å². The fraction of sp³-hybridized carbons (Fsp3) is 0.571. The van der Waals surface area contributed by atoms with Crippen LogP contribution < -0.4 is 0 Å². The lowest BCUT2D eigenvalue weighted by atomic mass is 9.96. The summed E-state index contributed by atoms with van der Waals surface area (Å²) in [5.41, 5.74) is 1.29. The molecule has 0 amide bonds. The molecule has 1 aromatic rings. The Morgan fingerprint density at radius 1 is 1.28 bits per heavy atom. The van der Waals surface area contributed by atoms with E-state index < -0.39 is 0 Å². The van der Waals surface area contributed by atoms with Gasteiger partial charge in [-0.1, -0.05) is 39.7 Å². The van der Waals surface area contributed by atoms with Crippen molar-refractivity contribution in [1.82, 2.24) is 0 Å². The van der Waals surface area contributed by atoms with E-state index >= 15 is 0 Å². The van der Waals surface area contributed by atoms with Crippen molar-refractivity contribution in [3.05, 3.63) is 34.9 Å². The predicted octanol–water partition coefficient (Wildman–Crippen LogP) is 4.26. The summed E-state index contributed by atoms with van der Waals surface area (Å²) in [5.74, 6) is 0.495. The van der Waals surface area contributed by atoms with Crippen LogP contribution in [0, 0.1) is 0 Å². The van der Waals surface area contributed by atoms with Gasteiger partial charge in [-0.3, -0.25) is 0 Å². The summed E-state index contributed by atoms with van der Waals surface area (Å²) in [6.07, 6.45) is 2.14. The Balaban J connectivity index is 2.29. The van der Waals surface area contributed by atoms with E-state index in [0.717, 1.165) is 29.8 Å². The Bertz CT molecular complexity index is 333. The van der Waals surface area contributed by atoms with Gasteiger partial charge in [-0.15, -0.1) is 0 Å². The van der Waals surface area contributed by atoms with Crippen LogP contribution in [0.4, 0.5) is 0 Å². The SMILES string of the molecule is COCCOCCCC(CBr)c1cccc(Cl)c1. The highest BCUT2D eigenvalue weighted by Crippen LogP contribution is 2.25. The monoisotopic (exact) mass is 334 g/mol. The first-order chi connectivity index (χ1) is 8.77. The Labute approximate surface area is 123 Å². The topological polar surface area (TPSA) is 18.5 Å². The van der Waals surface area contributed by atoms with Crippen LogP contribution >= 0.6 is 27.5 Å². The van der Waals surface area contributed by atoms with E-state index in [9.17, 15) is 0 Å². The Kier molecular flexibility index (Phi) is 8.68. The summed E-state index contributed by atoms with van der Waals surface area (Å²) >= 11 is 9.58. The zero-order chi connectivity index (χ0) is 13.2. The number of halogens is 2. The van der Waals surface area contributed by atoms with Gasteiger partial charge in [-0.2, -0.15) is 0 Å². The molecule has 0 spiro atoms. The summed E-state index contributed by atoms with van der Waals surface area (Å²) in [5, 5.41) is 1.75. The lowest BCUT2D eigenvalue weighted by Crippen LogP contribution is -2.06. The van der Waals surface area contributed by atoms with E-state index in [-0.39, 0.29) is 0 Å². The fourth-order valence-electron chi connectivity index (χ4n) is 1.77. The standard InChI is InChI=1S/C14H20BrClO2/c1-17-8-9-18-7-3-5-13(11-15)12-4-2-6-14(16)10-12/h2,4,6,10,13H,3,5,7-9,11H2,1H3. The first kappa shape index (κ1) is 16.0. The van der Waals surface area contributed by atoms with Gasteiger partial charge in [0, 0.05) is 24.1 Å². The van der Waals surface area contributed by atoms with E-state index in [1.807, 2.05) is 18.2 Å². The zero-order valence-electron chi connectivity index (χ0n) is 10.7. The second kappa shape index (κ2) is 9.79. The van der Waals surface area contributed by atoms with Crippen LogP contribution in [0.1, 0.15) is 24.3 Å². The van der Waals surface area contributed by atoms with E-state index in [1.165, 1.54) is 5.56 Å². The fourth-order valence-corrected chi connectivity index (χ4v) is 2.67. The van der Waals surface area contributed by atoms with E-state index in [4.69, 9.17) is 21.1 Å². The number of rotatable bonds is 9. The number of ether oxygens (including phenoxy) is 2. The molecule has 0 fully saturated rings. The summed E-state index contributed by atoms with van der Waals surface area (Å²) < 4.78 is 10.4. The van der Waals surface area contributed by atoms with Crippen LogP contribution in [0.5, 0.6) is 0 Å². The lowest BCUT2D eigenvalue weighted by molar-refractivity contribution is 0.0683. The smallest absolute Gasteiger partial charge is 0.0700 e. The molecule has 0 aliphatic heterocycles. The maximum Gasteiger partial charge on any atom is 0.0700 e. The highest BCUT2D eigenvalue weighted by Gasteiger charge is 2.10. The van der Waals surface area contributed by atoms with Crippen molar-refractivity contribution in [2.24, 2.45) is 0 Å². The van der Waals surface area contributed by atoms with Crippen LogP contribution in [0.3, 0.4) is 0 Å². The van der Waals surface area contributed by atoms with Gasteiger partial charge in [0.25, 0.3) is 0 Å². The Morgan fingerprint density at radius 3 is 2.78 bits per heavy atom. The lowest BCUT2D eigenvalue weighted by Gasteiger charge is -2.14. The molecule has 4 heteroatoms. The average molecular weight is 336 g/mol. The molecule has 0 aromatic heterocycles.